The molecule has 0 saturated heterocycles. The summed E-state index contributed by atoms with van der Waals surface area (Å²) in [5.74, 6) is -2.69. The van der Waals surface area contributed by atoms with Crippen molar-refractivity contribution in [2.45, 2.75) is 109 Å². The molecular formula is C31H43N3O16. The Morgan fingerprint density at radius 1 is 1.00 bits per heavy atom. The summed E-state index contributed by atoms with van der Waals surface area (Å²) in [6, 6.07) is 0. The molecule has 1 N–H and O–H groups in total. The predicted molar refractivity (Wildman–Crippen MR) is 164 cm³/mol. The minimum atomic E-state index is -1.80. The number of aliphatic hydroxyl groups excluding tert-OH is 1. The van der Waals surface area contributed by atoms with E-state index in [1.165, 1.54) is 0 Å². The van der Waals surface area contributed by atoms with E-state index >= 15 is 0 Å². The van der Waals surface area contributed by atoms with Crippen molar-refractivity contribution in [3.05, 3.63) is 42.0 Å². The van der Waals surface area contributed by atoms with Gasteiger partial charge >= 0.3 is 11.9 Å². The molecule has 3 saturated carbocycles. The van der Waals surface area contributed by atoms with Crippen molar-refractivity contribution >= 4 is 23.5 Å². The lowest BCUT2D eigenvalue weighted by Crippen LogP contribution is -2.63. The van der Waals surface area contributed by atoms with Crippen LogP contribution in [0.15, 0.2) is 11.6 Å². The van der Waals surface area contributed by atoms with Gasteiger partial charge in [0.1, 0.15) is 18.5 Å². The zero-order chi connectivity index (χ0) is 36.9. The van der Waals surface area contributed by atoms with E-state index in [1.54, 1.807) is 6.92 Å². The molecule has 0 aromatic heterocycles. The lowest BCUT2D eigenvalue weighted by Gasteiger charge is -2.60. The second-order valence-electron chi connectivity index (χ2n) is 14.0. The average Bonchev–Trinajstić information content (AvgIpc) is 3.32. The zero-order valence-electron chi connectivity index (χ0n) is 28.0. The number of allylic oxidation sites excluding steroid dienone is 2. The van der Waals surface area contributed by atoms with Crippen LogP contribution in [-0.4, -0.2) is 81.5 Å². The summed E-state index contributed by atoms with van der Waals surface area (Å²) in [5, 5.41) is 40.2. The number of nitrogens with zero attached hydrogens (tertiary/aromatic N) is 3. The molecular weight excluding hydrogens is 670 g/mol. The van der Waals surface area contributed by atoms with Crippen LogP contribution in [-0.2, 0) is 43.2 Å². The van der Waals surface area contributed by atoms with Crippen LogP contribution in [0.1, 0.15) is 90.9 Å². The molecule has 0 aromatic carbocycles. The monoisotopic (exact) mass is 713 g/mol. The Hall–Kier alpha value is -4.42. The number of carbonyl (C=O) groups excluding carboxylic acids is 4. The molecule has 0 amide bonds. The molecule has 3 fully saturated rings. The van der Waals surface area contributed by atoms with Crippen LogP contribution < -0.4 is 0 Å². The van der Waals surface area contributed by atoms with Gasteiger partial charge in [-0.2, -0.15) is 0 Å². The van der Waals surface area contributed by atoms with Gasteiger partial charge in [0.05, 0.1) is 12.7 Å². The number of hydrogen-bond donors (Lipinski definition) is 1. The fourth-order valence-electron chi connectivity index (χ4n) is 9.12. The molecule has 50 heavy (non-hydrogen) atoms. The highest BCUT2D eigenvalue weighted by Crippen LogP contribution is 2.68. The number of Topliss-reactive ketones (excluding diaryl/α,β-unsaturated/α-hetero) is 2. The van der Waals surface area contributed by atoms with Crippen molar-refractivity contribution in [3.8, 4) is 0 Å². The highest BCUT2D eigenvalue weighted by atomic mass is 17.0. The summed E-state index contributed by atoms with van der Waals surface area (Å²) in [6.07, 6.45) is 1.47. The van der Waals surface area contributed by atoms with E-state index < -0.39 is 74.8 Å². The third-order valence-corrected chi connectivity index (χ3v) is 11.3. The lowest BCUT2D eigenvalue weighted by molar-refractivity contribution is -0.790. The van der Waals surface area contributed by atoms with Gasteiger partial charge in [-0.15, -0.1) is 30.3 Å². The van der Waals surface area contributed by atoms with Crippen LogP contribution in [0.25, 0.3) is 0 Å². The first kappa shape index (κ1) is 38.4. The molecule has 19 heteroatoms. The molecule has 3 unspecified atom stereocenters. The minimum absolute atomic E-state index is 0.0616. The summed E-state index contributed by atoms with van der Waals surface area (Å²) in [4.78, 5) is 96.7. The van der Waals surface area contributed by atoms with Crippen LogP contribution in [0.3, 0.4) is 0 Å². The third-order valence-electron chi connectivity index (χ3n) is 11.3. The summed E-state index contributed by atoms with van der Waals surface area (Å²) >= 11 is 0. The van der Waals surface area contributed by atoms with Crippen LogP contribution in [0, 0.1) is 58.9 Å². The molecule has 4 aliphatic rings. The second kappa shape index (κ2) is 15.6. The Morgan fingerprint density at radius 2 is 1.70 bits per heavy atom. The molecule has 4 aliphatic carbocycles. The SMILES string of the molecule is C[C@]12CCC(=O)CC1=CCC1C3CC[C@](OC(=O)CCCO[N+](=O)[O-])(C(=O)COC(=O)CCCC(CO[N+](=O)[O-])O[N+](=O)[O-])[C@@]3(C)C[C@H](O)[C@@H]12. The highest BCUT2D eigenvalue weighted by Gasteiger charge is 2.70. The molecule has 0 bridgehead atoms. The number of ketones is 2. The minimum Gasteiger partial charge on any atom is -0.457 e. The van der Waals surface area contributed by atoms with E-state index in [0.29, 0.717) is 32.1 Å². The van der Waals surface area contributed by atoms with Gasteiger partial charge in [0, 0.05) is 31.1 Å². The molecule has 8 atom stereocenters. The maximum atomic E-state index is 14.2. The van der Waals surface area contributed by atoms with Gasteiger partial charge in [-0.25, -0.2) is 0 Å². The average molecular weight is 714 g/mol. The number of aliphatic hydroxyl groups is 1. The van der Waals surface area contributed by atoms with Crippen molar-refractivity contribution in [2.24, 2.45) is 28.6 Å². The van der Waals surface area contributed by atoms with Crippen LogP contribution in [0.2, 0.25) is 0 Å². The van der Waals surface area contributed by atoms with Crippen molar-refractivity contribution in [1.29, 1.82) is 0 Å². The number of hydrogen-bond acceptors (Lipinski definition) is 16. The van der Waals surface area contributed by atoms with Gasteiger partial charge in [-0.05, 0) is 74.5 Å². The van der Waals surface area contributed by atoms with Gasteiger partial charge in [-0.3, -0.25) is 19.2 Å². The maximum absolute atomic E-state index is 14.2. The Morgan fingerprint density at radius 3 is 2.38 bits per heavy atom. The van der Waals surface area contributed by atoms with Gasteiger partial charge in [0.15, 0.2) is 12.2 Å². The van der Waals surface area contributed by atoms with E-state index in [1.807, 2.05) is 0 Å². The molecule has 278 valence electrons. The van der Waals surface area contributed by atoms with E-state index in [9.17, 15) is 54.6 Å². The van der Waals surface area contributed by atoms with Gasteiger partial charge < -0.3 is 29.1 Å². The standard InChI is InChI=1S/C31H43N3O16/c1-29-12-10-20(35)15-19(29)8-9-22-23-11-13-31(30(23,2)16-24(36)28(22)29,49-27(39)7-4-14-47-32(40)41)25(37)18-46-26(38)6-3-5-21(50-34(44)45)17-48-33(42)43/h8,21-24,28,36H,3-7,9-18H2,1-2H3/t21?,22?,23?,24-,28+,29-,30-,31-/m0/s1. The first-order chi connectivity index (χ1) is 23.5. The summed E-state index contributed by atoms with van der Waals surface area (Å²) < 4.78 is 11.3. The lowest BCUT2D eigenvalue weighted by atomic mass is 9.46. The topological polar surface area (TPSA) is 264 Å². The first-order valence-electron chi connectivity index (χ1n) is 16.7. The number of rotatable bonds is 18. The Balaban J connectivity index is 1.50. The maximum Gasteiger partial charge on any atom is 0.306 e. The number of carbonyl (C=O) groups is 4. The molecule has 0 spiro atoms. The molecule has 0 aromatic rings. The van der Waals surface area contributed by atoms with E-state index in [4.69, 9.17) is 9.47 Å². The molecule has 0 radical (unpaired) electrons. The van der Waals surface area contributed by atoms with Gasteiger partial charge in [0.25, 0.3) is 15.3 Å². The summed E-state index contributed by atoms with van der Waals surface area (Å²) in [7, 11) is 0. The third kappa shape index (κ3) is 8.13. The highest BCUT2D eigenvalue weighted by molar-refractivity contribution is 5.93. The van der Waals surface area contributed by atoms with Crippen LogP contribution in [0.5, 0.6) is 0 Å². The number of esters is 2. The van der Waals surface area contributed by atoms with E-state index in [0.717, 1.165) is 5.57 Å². The first-order valence-corrected chi connectivity index (χ1v) is 16.7. The van der Waals surface area contributed by atoms with Crippen molar-refractivity contribution in [3.63, 3.8) is 0 Å². The smallest absolute Gasteiger partial charge is 0.306 e. The Kier molecular flexibility index (Phi) is 12.0. The Bertz CT molecular complexity index is 1400. The Labute approximate surface area is 286 Å². The molecule has 0 aliphatic heterocycles. The second-order valence-corrected chi connectivity index (χ2v) is 14.0. The molecule has 0 heterocycles. The zero-order valence-corrected chi connectivity index (χ0v) is 28.0. The largest absolute Gasteiger partial charge is 0.457 e. The number of ether oxygens (including phenoxy) is 2. The normalized spacial score (nSPS) is 31.8. The van der Waals surface area contributed by atoms with Gasteiger partial charge in [0.2, 0.25) is 5.78 Å². The summed E-state index contributed by atoms with van der Waals surface area (Å²) in [6.45, 7) is 1.97. The fraction of sp³-hybridized carbons (Fsp3) is 0.806. The van der Waals surface area contributed by atoms with E-state index in [2.05, 4.69) is 27.5 Å². The predicted octanol–water partition coefficient (Wildman–Crippen LogP) is 2.83. The molecule has 4 rings (SSSR count). The van der Waals surface area contributed by atoms with Crippen LogP contribution >= 0.6 is 0 Å². The van der Waals surface area contributed by atoms with E-state index in [-0.39, 0.29) is 75.1 Å². The number of fused-ring (bicyclic) bond motifs is 5. The van der Waals surface area contributed by atoms with Crippen molar-refractivity contribution in [1.82, 2.24) is 0 Å². The molecule has 19 nitrogen and oxygen atoms in total. The van der Waals surface area contributed by atoms with Crippen molar-refractivity contribution < 1.29 is 63.5 Å². The summed E-state index contributed by atoms with van der Waals surface area (Å²) in [5.41, 5.74) is -2.27. The quantitative estimate of drug-likeness (QED) is 0.0703. The fourth-order valence-corrected chi connectivity index (χ4v) is 9.12. The van der Waals surface area contributed by atoms with Gasteiger partial charge in [-0.1, -0.05) is 25.5 Å². The van der Waals surface area contributed by atoms with Crippen LogP contribution in [0.4, 0.5) is 0 Å². The van der Waals surface area contributed by atoms with Crippen molar-refractivity contribution in [2.75, 3.05) is 19.8 Å².